The Labute approximate surface area is 94.2 Å². The molecule has 0 saturated carbocycles. The molecule has 6 heteroatoms. The van der Waals surface area contributed by atoms with E-state index in [1.165, 1.54) is 4.90 Å². The molecule has 0 spiro atoms. The summed E-state index contributed by atoms with van der Waals surface area (Å²) in [5.74, 6) is -1.28. The highest BCUT2D eigenvalue weighted by Crippen LogP contribution is 2.11. The van der Waals surface area contributed by atoms with Crippen molar-refractivity contribution in [2.75, 3.05) is 13.1 Å². The van der Waals surface area contributed by atoms with E-state index in [-0.39, 0.29) is 18.5 Å². The van der Waals surface area contributed by atoms with Crippen LogP contribution in [0, 0.1) is 0 Å². The van der Waals surface area contributed by atoms with Crippen LogP contribution in [-0.2, 0) is 9.59 Å². The predicted molar refractivity (Wildman–Crippen MR) is 56.9 cm³/mol. The zero-order chi connectivity index (χ0) is 12.3. The van der Waals surface area contributed by atoms with Crippen molar-refractivity contribution in [3.05, 3.63) is 0 Å². The molecule has 0 aromatic heterocycles. The number of aliphatic hydroxyl groups excluding tert-OH is 1. The molecule has 0 aromatic carbocycles. The number of aliphatic carboxylic acids is 1. The molecule has 1 rings (SSSR count). The van der Waals surface area contributed by atoms with Crippen molar-refractivity contribution < 1.29 is 19.8 Å². The van der Waals surface area contributed by atoms with Gasteiger partial charge < -0.3 is 20.4 Å². The fourth-order valence-corrected chi connectivity index (χ4v) is 1.77. The first-order valence-corrected chi connectivity index (χ1v) is 5.35. The van der Waals surface area contributed by atoms with E-state index >= 15 is 0 Å². The maximum Gasteiger partial charge on any atom is 0.323 e. The van der Waals surface area contributed by atoms with Crippen LogP contribution >= 0.6 is 0 Å². The number of carbonyl (C=O) groups excluding carboxylic acids is 1. The second kappa shape index (κ2) is 5.27. The number of hydrogen-bond donors (Lipinski definition) is 3. The Morgan fingerprint density at radius 3 is 2.50 bits per heavy atom. The molecule has 0 aromatic rings. The van der Waals surface area contributed by atoms with Crippen molar-refractivity contribution in [1.82, 2.24) is 10.2 Å². The normalized spacial score (nSPS) is 24.8. The monoisotopic (exact) mass is 230 g/mol. The Balaban J connectivity index is 2.63. The highest BCUT2D eigenvalue weighted by atomic mass is 16.4. The Kier molecular flexibility index (Phi) is 4.26. The van der Waals surface area contributed by atoms with Crippen molar-refractivity contribution in [3.63, 3.8) is 0 Å². The van der Waals surface area contributed by atoms with Crippen molar-refractivity contribution in [2.24, 2.45) is 0 Å². The quantitative estimate of drug-likeness (QED) is 0.578. The molecular weight excluding hydrogens is 212 g/mol. The van der Waals surface area contributed by atoms with Gasteiger partial charge in [0.05, 0.1) is 12.1 Å². The van der Waals surface area contributed by atoms with Gasteiger partial charge in [-0.15, -0.1) is 0 Å². The van der Waals surface area contributed by atoms with Gasteiger partial charge in [0.2, 0.25) is 5.91 Å². The van der Waals surface area contributed by atoms with E-state index in [0.717, 1.165) is 0 Å². The summed E-state index contributed by atoms with van der Waals surface area (Å²) in [7, 11) is 0. The standard InChI is InChI=1S/C10H18N2O4/c1-6(2)12(5-9(14)15)10(16)8-3-7(13)4-11-8/h6-8,11,13H,3-5H2,1-2H3,(H,14,15). The second-order valence-corrected chi connectivity index (χ2v) is 4.30. The molecule has 1 amide bonds. The van der Waals surface area contributed by atoms with Gasteiger partial charge >= 0.3 is 5.97 Å². The molecule has 2 atom stereocenters. The number of carbonyl (C=O) groups is 2. The molecule has 16 heavy (non-hydrogen) atoms. The first-order chi connectivity index (χ1) is 7.41. The van der Waals surface area contributed by atoms with Crippen LogP contribution in [0.25, 0.3) is 0 Å². The number of nitrogens with one attached hydrogen (secondary N) is 1. The average Bonchev–Trinajstić information content (AvgIpc) is 2.59. The minimum Gasteiger partial charge on any atom is -0.480 e. The fourth-order valence-electron chi connectivity index (χ4n) is 1.77. The highest BCUT2D eigenvalue weighted by molar-refractivity contribution is 5.85. The van der Waals surface area contributed by atoms with Crippen LogP contribution in [0.1, 0.15) is 20.3 Å². The summed E-state index contributed by atoms with van der Waals surface area (Å²) in [5, 5.41) is 20.9. The molecule has 0 radical (unpaired) electrons. The van der Waals surface area contributed by atoms with Crippen LogP contribution in [0.5, 0.6) is 0 Å². The fraction of sp³-hybridized carbons (Fsp3) is 0.800. The van der Waals surface area contributed by atoms with Gasteiger partial charge in [0.1, 0.15) is 6.54 Å². The van der Waals surface area contributed by atoms with E-state index in [0.29, 0.717) is 13.0 Å². The topological polar surface area (TPSA) is 89.9 Å². The van der Waals surface area contributed by atoms with Crippen LogP contribution < -0.4 is 5.32 Å². The van der Waals surface area contributed by atoms with Crippen LogP contribution in [0.4, 0.5) is 0 Å². The summed E-state index contributed by atoms with van der Waals surface area (Å²) in [4.78, 5) is 23.9. The molecule has 0 aliphatic carbocycles. The lowest BCUT2D eigenvalue weighted by atomic mass is 10.1. The number of carboxylic acid groups (broad SMARTS) is 1. The Hall–Kier alpha value is -1.14. The molecule has 3 N–H and O–H groups in total. The lowest BCUT2D eigenvalue weighted by molar-refractivity contribution is -0.146. The zero-order valence-electron chi connectivity index (χ0n) is 9.51. The molecule has 1 aliphatic rings. The maximum atomic E-state index is 12.0. The Morgan fingerprint density at radius 1 is 1.50 bits per heavy atom. The van der Waals surface area contributed by atoms with Crippen LogP contribution in [0.15, 0.2) is 0 Å². The van der Waals surface area contributed by atoms with Crippen molar-refractivity contribution in [2.45, 2.75) is 38.5 Å². The third kappa shape index (κ3) is 3.18. The number of nitrogens with zero attached hydrogens (tertiary/aromatic N) is 1. The molecule has 1 heterocycles. The molecule has 1 saturated heterocycles. The van der Waals surface area contributed by atoms with E-state index in [1.807, 2.05) is 0 Å². The van der Waals surface area contributed by atoms with Gasteiger partial charge in [-0.05, 0) is 20.3 Å². The third-order valence-corrected chi connectivity index (χ3v) is 2.62. The van der Waals surface area contributed by atoms with Crippen molar-refractivity contribution >= 4 is 11.9 Å². The summed E-state index contributed by atoms with van der Waals surface area (Å²) < 4.78 is 0. The Bertz CT molecular complexity index is 280. The maximum absolute atomic E-state index is 12.0. The summed E-state index contributed by atoms with van der Waals surface area (Å²) in [6, 6.07) is -0.625. The molecule has 92 valence electrons. The number of rotatable bonds is 4. The zero-order valence-corrected chi connectivity index (χ0v) is 9.51. The minimum absolute atomic E-state index is 0.164. The average molecular weight is 230 g/mol. The summed E-state index contributed by atoms with van der Waals surface area (Å²) >= 11 is 0. The van der Waals surface area contributed by atoms with Crippen molar-refractivity contribution in [3.8, 4) is 0 Å². The number of carboxylic acids is 1. The molecule has 1 fully saturated rings. The highest BCUT2D eigenvalue weighted by Gasteiger charge is 2.32. The van der Waals surface area contributed by atoms with Gasteiger partial charge in [-0.25, -0.2) is 0 Å². The molecule has 1 aliphatic heterocycles. The summed E-state index contributed by atoms with van der Waals surface area (Å²) in [5.41, 5.74) is 0. The van der Waals surface area contributed by atoms with Gasteiger partial charge in [-0.1, -0.05) is 0 Å². The predicted octanol–water partition coefficient (Wildman–Crippen LogP) is -0.969. The number of β-amino-alcohol motifs (C(OH)–C–C–N with tert-alkyl or cyclic N) is 1. The lowest BCUT2D eigenvalue weighted by Gasteiger charge is -2.27. The van der Waals surface area contributed by atoms with E-state index in [4.69, 9.17) is 5.11 Å². The number of aliphatic hydroxyl groups is 1. The molecule has 2 unspecified atom stereocenters. The Morgan fingerprint density at radius 2 is 2.12 bits per heavy atom. The lowest BCUT2D eigenvalue weighted by Crippen LogP contribution is -2.48. The van der Waals surface area contributed by atoms with Gasteiger partial charge in [-0.3, -0.25) is 9.59 Å². The first kappa shape index (κ1) is 12.9. The SMILES string of the molecule is CC(C)N(CC(=O)O)C(=O)C1CC(O)CN1. The number of amides is 1. The smallest absolute Gasteiger partial charge is 0.323 e. The van der Waals surface area contributed by atoms with E-state index in [2.05, 4.69) is 5.32 Å². The van der Waals surface area contributed by atoms with Gasteiger partial charge in [-0.2, -0.15) is 0 Å². The molecule has 6 nitrogen and oxygen atoms in total. The van der Waals surface area contributed by atoms with Crippen LogP contribution in [-0.4, -0.2) is 58.3 Å². The largest absolute Gasteiger partial charge is 0.480 e. The van der Waals surface area contributed by atoms with Crippen LogP contribution in [0.3, 0.4) is 0 Å². The second-order valence-electron chi connectivity index (χ2n) is 4.30. The van der Waals surface area contributed by atoms with Gasteiger partial charge in [0.15, 0.2) is 0 Å². The summed E-state index contributed by atoms with van der Waals surface area (Å²) in [6.07, 6.45) is -0.172. The number of hydrogen-bond acceptors (Lipinski definition) is 4. The van der Waals surface area contributed by atoms with Crippen LogP contribution in [0.2, 0.25) is 0 Å². The van der Waals surface area contributed by atoms with Gasteiger partial charge in [0, 0.05) is 12.6 Å². The first-order valence-electron chi connectivity index (χ1n) is 5.35. The van der Waals surface area contributed by atoms with Crippen molar-refractivity contribution in [1.29, 1.82) is 0 Å². The minimum atomic E-state index is -1.03. The summed E-state index contributed by atoms with van der Waals surface area (Å²) in [6.45, 7) is 3.62. The van der Waals surface area contributed by atoms with E-state index < -0.39 is 18.1 Å². The van der Waals surface area contributed by atoms with E-state index in [9.17, 15) is 14.7 Å². The van der Waals surface area contributed by atoms with Gasteiger partial charge in [0.25, 0.3) is 0 Å². The van der Waals surface area contributed by atoms with E-state index in [1.54, 1.807) is 13.8 Å². The third-order valence-electron chi connectivity index (χ3n) is 2.62. The molecule has 0 bridgehead atoms. The molecular formula is C10H18N2O4.